The van der Waals surface area contributed by atoms with Crippen LogP contribution < -0.4 is 10.0 Å². The van der Waals surface area contributed by atoms with Crippen LogP contribution >= 0.6 is 12.2 Å². The van der Waals surface area contributed by atoms with Gasteiger partial charge in [-0.15, -0.1) is 13.2 Å². The summed E-state index contributed by atoms with van der Waals surface area (Å²) < 4.78 is 27.0. The summed E-state index contributed by atoms with van der Waals surface area (Å²) in [7, 11) is -3.76. The van der Waals surface area contributed by atoms with Crippen LogP contribution in [0.4, 0.5) is 11.6 Å². The van der Waals surface area contributed by atoms with Gasteiger partial charge in [0.15, 0.2) is 5.11 Å². The van der Waals surface area contributed by atoms with Crippen molar-refractivity contribution in [2.24, 2.45) is 0 Å². The summed E-state index contributed by atoms with van der Waals surface area (Å²) in [6, 6.07) is 7.81. The quantitative estimate of drug-likeness (QED) is 0.530. The average molecular weight is 390 g/mol. The monoisotopic (exact) mass is 389 g/mol. The van der Waals surface area contributed by atoms with Crippen molar-refractivity contribution < 1.29 is 8.42 Å². The molecule has 0 unspecified atom stereocenters. The molecule has 0 spiro atoms. The number of hydrogen-bond acceptors (Lipinski definition) is 5. The molecule has 1 aromatic heterocycles. The van der Waals surface area contributed by atoms with E-state index in [-0.39, 0.29) is 10.8 Å². The van der Waals surface area contributed by atoms with Crippen LogP contribution in [0.2, 0.25) is 0 Å². The summed E-state index contributed by atoms with van der Waals surface area (Å²) in [4.78, 5) is 9.66. The summed E-state index contributed by atoms with van der Waals surface area (Å²) in [6.07, 6.45) is 6.39. The molecule has 2 aromatic rings. The number of nitrogens with one attached hydrogen (secondary N) is 2. The number of rotatable bonds is 8. The first-order chi connectivity index (χ1) is 12.5. The summed E-state index contributed by atoms with van der Waals surface area (Å²) in [5.74, 6) is 0.0142. The third-order valence-corrected chi connectivity index (χ3v) is 4.90. The largest absolute Gasteiger partial charge is 0.342 e. The van der Waals surface area contributed by atoms with Gasteiger partial charge in [-0.2, -0.15) is 0 Å². The van der Waals surface area contributed by atoms with Gasteiger partial charge in [0.2, 0.25) is 5.95 Å². The molecule has 1 aromatic carbocycles. The van der Waals surface area contributed by atoms with Gasteiger partial charge in [0, 0.05) is 31.2 Å². The topological polar surface area (TPSA) is 87.2 Å². The fourth-order valence-corrected chi connectivity index (χ4v) is 3.23. The Morgan fingerprint density at radius 3 is 2.23 bits per heavy atom. The van der Waals surface area contributed by atoms with Crippen LogP contribution in [0.5, 0.6) is 0 Å². The fraction of sp³-hybridized carbons (Fsp3) is 0.118. The van der Waals surface area contributed by atoms with Gasteiger partial charge in [-0.1, -0.05) is 12.2 Å². The molecule has 0 radical (unpaired) electrons. The first-order valence-electron chi connectivity index (χ1n) is 7.64. The van der Waals surface area contributed by atoms with Crippen molar-refractivity contribution in [2.75, 3.05) is 23.1 Å². The first kappa shape index (κ1) is 19.5. The molecule has 136 valence electrons. The Morgan fingerprint density at radius 2 is 1.69 bits per heavy atom. The molecule has 26 heavy (non-hydrogen) atoms. The second-order valence-electron chi connectivity index (χ2n) is 5.11. The highest BCUT2D eigenvalue weighted by Crippen LogP contribution is 2.16. The lowest BCUT2D eigenvalue weighted by Gasteiger charge is -2.23. The first-order valence-corrected chi connectivity index (χ1v) is 9.53. The Balaban J connectivity index is 2.08. The number of nitrogens with zero attached hydrogens (tertiary/aromatic N) is 3. The molecule has 2 rings (SSSR count). The summed E-state index contributed by atoms with van der Waals surface area (Å²) in [5, 5.41) is 3.56. The molecule has 0 aliphatic carbocycles. The second kappa shape index (κ2) is 9.07. The van der Waals surface area contributed by atoms with Crippen LogP contribution in [0, 0.1) is 0 Å². The molecule has 1 heterocycles. The van der Waals surface area contributed by atoms with Crippen molar-refractivity contribution in [1.29, 1.82) is 0 Å². The number of sulfonamides is 1. The van der Waals surface area contributed by atoms with Crippen molar-refractivity contribution in [2.45, 2.75) is 4.90 Å². The number of aromatic nitrogens is 2. The van der Waals surface area contributed by atoms with Crippen molar-refractivity contribution >= 4 is 39.0 Å². The molecule has 0 fully saturated rings. The highest BCUT2D eigenvalue weighted by Gasteiger charge is 2.15. The van der Waals surface area contributed by atoms with Crippen molar-refractivity contribution in [3.8, 4) is 0 Å². The zero-order valence-corrected chi connectivity index (χ0v) is 15.6. The molecule has 9 heteroatoms. The normalized spacial score (nSPS) is 10.6. The van der Waals surface area contributed by atoms with Crippen molar-refractivity contribution in [1.82, 2.24) is 14.9 Å². The standard InChI is InChI=1S/C17H19N5O2S2/c1-3-12-22(13-4-2)17(25)20-14-6-8-15(9-7-14)26(23,24)21-16-18-10-5-11-19-16/h3-11H,1-2,12-13H2,(H,20,25)(H,18,19,21). The number of anilines is 2. The van der Waals surface area contributed by atoms with Gasteiger partial charge in [-0.05, 0) is 42.5 Å². The van der Waals surface area contributed by atoms with Gasteiger partial charge in [0.1, 0.15) is 0 Å². The lowest BCUT2D eigenvalue weighted by atomic mass is 10.3. The molecule has 0 saturated heterocycles. The number of benzene rings is 1. The van der Waals surface area contributed by atoms with E-state index in [0.29, 0.717) is 23.9 Å². The number of thiocarbonyl (C=S) groups is 1. The molecule has 0 atom stereocenters. The van der Waals surface area contributed by atoms with E-state index in [2.05, 4.69) is 33.2 Å². The maximum absolute atomic E-state index is 12.3. The van der Waals surface area contributed by atoms with Crippen LogP contribution in [0.3, 0.4) is 0 Å². The van der Waals surface area contributed by atoms with Gasteiger partial charge in [-0.3, -0.25) is 0 Å². The Morgan fingerprint density at radius 1 is 1.12 bits per heavy atom. The second-order valence-corrected chi connectivity index (χ2v) is 7.18. The average Bonchev–Trinajstić information content (AvgIpc) is 2.62. The Kier molecular flexibility index (Phi) is 6.81. The summed E-state index contributed by atoms with van der Waals surface area (Å²) in [5.41, 5.74) is 0.669. The van der Waals surface area contributed by atoms with Crippen LogP contribution in [-0.4, -0.2) is 41.5 Å². The van der Waals surface area contributed by atoms with Gasteiger partial charge in [0.05, 0.1) is 4.90 Å². The predicted octanol–water partition coefficient (Wildman–Crippen LogP) is 2.65. The minimum absolute atomic E-state index is 0.0142. The van der Waals surface area contributed by atoms with Crippen molar-refractivity contribution in [3.63, 3.8) is 0 Å². The van der Waals surface area contributed by atoms with Crippen LogP contribution in [-0.2, 0) is 10.0 Å². The van der Waals surface area contributed by atoms with Gasteiger partial charge < -0.3 is 10.2 Å². The Labute approximate surface area is 158 Å². The minimum Gasteiger partial charge on any atom is -0.342 e. The van der Waals surface area contributed by atoms with E-state index in [4.69, 9.17) is 12.2 Å². The SMILES string of the molecule is C=CCN(CC=C)C(=S)Nc1ccc(S(=O)(=O)Nc2ncccn2)cc1. The maximum atomic E-state index is 12.3. The molecule has 0 saturated carbocycles. The molecule has 0 aliphatic heterocycles. The van der Waals surface area contributed by atoms with Crippen molar-refractivity contribution in [3.05, 3.63) is 68.0 Å². The van der Waals surface area contributed by atoms with E-state index in [9.17, 15) is 8.42 Å². The maximum Gasteiger partial charge on any atom is 0.264 e. The summed E-state index contributed by atoms with van der Waals surface area (Å²) in [6.45, 7) is 8.55. The molecule has 7 nitrogen and oxygen atoms in total. The molecule has 0 amide bonds. The zero-order valence-electron chi connectivity index (χ0n) is 14.0. The fourth-order valence-electron chi connectivity index (χ4n) is 2.00. The highest BCUT2D eigenvalue weighted by molar-refractivity contribution is 7.92. The van der Waals surface area contributed by atoms with E-state index in [1.54, 1.807) is 30.4 Å². The molecular formula is C17H19N5O2S2. The smallest absolute Gasteiger partial charge is 0.264 e. The Hall–Kier alpha value is -2.78. The van der Waals surface area contributed by atoms with Gasteiger partial charge >= 0.3 is 0 Å². The van der Waals surface area contributed by atoms with Crippen LogP contribution in [0.1, 0.15) is 0 Å². The van der Waals surface area contributed by atoms with E-state index < -0.39 is 10.0 Å². The summed E-state index contributed by atoms with van der Waals surface area (Å²) >= 11 is 5.35. The van der Waals surface area contributed by atoms with E-state index in [1.165, 1.54) is 24.5 Å². The predicted molar refractivity (Wildman–Crippen MR) is 107 cm³/mol. The molecular weight excluding hydrogens is 370 g/mol. The van der Waals surface area contributed by atoms with Gasteiger partial charge in [0.25, 0.3) is 10.0 Å². The van der Waals surface area contributed by atoms with E-state index in [1.807, 2.05) is 4.90 Å². The zero-order chi connectivity index (χ0) is 19.0. The minimum atomic E-state index is -3.76. The lowest BCUT2D eigenvalue weighted by Crippen LogP contribution is -2.34. The third-order valence-electron chi connectivity index (χ3n) is 3.19. The van der Waals surface area contributed by atoms with Crippen LogP contribution in [0.25, 0.3) is 0 Å². The molecule has 0 bridgehead atoms. The Bertz CT molecular complexity index is 858. The lowest BCUT2D eigenvalue weighted by molar-refractivity contribution is 0.522. The van der Waals surface area contributed by atoms with E-state index in [0.717, 1.165) is 0 Å². The molecule has 2 N–H and O–H groups in total. The third kappa shape index (κ3) is 5.36. The highest BCUT2D eigenvalue weighted by atomic mass is 32.2. The van der Waals surface area contributed by atoms with Crippen LogP contribution in [0.15, 0.2) is 72.9 Å². The van der Waals surface area contributed by atoms with Gasteiger partial charge in [-0.25, -0.2) is 23.1 Å². The van der Waals surface area contributed by atoms with E-state index >= 15 is 0 Å². The molecule has 0 aliphatic rings. The number of hydrogen-bond donors (Lipinski definition) is 2.